The summed E-state index contributed by atoms with van der Waals surface area (Å²) in [7, 11) is 3.12. The Morgan fingerprint density at radius 3 is 2.50 bits per heavy atom. The molecule has 0 saturated carbocycles. The van der Waals surface area contributed by atoms with E-state index in [1.807, 2.05) is 36.4 Å². The topological polar surface area (TPSA) is 71.1 Å². The molecule has 28 heavy (non-hydrogen) atoms. The van der Waals surface area contributed by atoms with Crippen LogP contribution < -0.4 is 19.7 Å². The number of hydrogen-bond acceptors (Lipinski definition) is 4. The van der Waals surface area contributed by atoms with Crippen LogP contribution in [-0.4, -0.2) is 57.2 Å². The molecule has 0 unspecified atom stereocenters. The molecule has 0 spiro atoms. The SMILES string of the molecule is COc1ccc(N2CCN(CC(=O)NCCc3ccccc3)C2=O)cc1OC. The predicted molar refractivity (Wildman–Crippen MR) is 107 cm³/mol. The fourth-order valence-electron chi connectivity index (χ4n) is 3.18. The van der Waals surface area contributed by atoms with Gasteiger partial charge in [0.2, 0.25) is 5.91 Å². The number of hydrogen-bond donors (Lipinski definition) is 1. The van der Waals surface area contributed by atoms with E-state index in [4.69, 9.17) is 9.47 Å². The Balaban J connectivity index is 1.53. The van der Waals surface area contributed by atoms with Crippen LogP contribution in [0, 0.1) is 0 Å². The van der Waals surface area contributed by atoms with Crippen LogP contribution in [0.2, 0.25) is 0 Å². The molecule has 1 N–H and O–H groups in total. The fraction of sp³-hybridized carbons (Fsp3) is 0.333. The van der Waals surface area contributed by atoms with E-state index in [2.05, 4.69) is 5.32 Å². The van der Waals surface area contributed by atoms with E-state index in [0.29, 0.717) is 31.1 Å². The van der Waals surface area contributed by atoms with E-state index >= 15 is 0 Å². The predicted octanol–water partition coefficient (Wildman–Crippen LogP) is 2.30. The zero-order chi connectivity index (χ0) is 19.9. The largest absolute Gasteiger partial charge is 0.493 e. The van der Waals surface area contributed by atoms with E-state index in [1.165, 1.54) is 5.56 Å². The minimum Gasteiger partial charge on any atom is -0.493 e. The Labute approximate surface area is 164 Å². The van der Waals surface area contributed by atoms with Crippen LogP contribution in [-0.2, 0) is 11.2 Å². The highest BCUT2D eigenvalue weighted by atomic mass is 16.5. The highest BCUT2D eigenvalue weighted by Crippen LogP contribution is 2.32. The molecule has 0 bridgehead atoms. The van der Waals surface area contributed by atoms with Crippen LogP contribution in [0.15, 0.2) is 48.5 Å². The third kappa shape index (κ3) is 4.54. The van der Waals surface area contributed by atoms with Gasteiger partial charge in [-0.05, 0) is 24.1 Å². The van der Waals surface area contributed by atoms with Crippen LogP contribution >= 0.6 is 0 Å². The van der Waals surface area contributed by atoms with E-state index < -0.39 is 0 Å². The molecular formula is C21H25N3O4. The number of rotatable bonds is 8. The van der Waals surface area contributed by atoms with Gasteiger partial charge in [0.1, 0.15) is 6.54 Å². The van der Waals surface area contributed by atoms with Gasteiger partial charge in [-0.1, -0.05) is 30.3 Å². The molecule has 0 aromatic heterocycles. The van der Waals surface area contributed by atoms with Crippen molar-refractivity contribution in [1.29, 1.82) is 0 Å². The second-order valence-corrected chi connectivity index (χ2v) is 6.48. The lowest BCUT2D eigenvalue weighted by Crippen LogP contribution is -2.40. The molecule has 2 aromatic rings. The van der Waals surface area contributed by atoms with Crippen LogP contribution in [0.4, 0.5) is 10.5 Å². The third-order valence-corrected chi connectivity index (χ3v) is 4.69. The van der Waals surface area contributed by atoms with Crippen molar-refractivity contribution in [3.05, 3.63) is 54.1 Å². The molecule has 7 heteroatoms. The van der Waals surface area contributed by atoms with Gasteiger partial charge in [-0.2, -0.15) is 0 Å². The average Bonchev–Trinajstić information content (AvgIpc) is 3.08. The summed E-state index contributed by atoms with van der Waals surface area (Å²) in [6.45, 7) is 1.62. The Kier molecular flexibility index (Phi) is 6.37. The highest BCUT2D eigenvalue weighted by Gasteiger charge is 2.31. The lowest BCUT2D eigenvalue weighted by molar-refractivity contribution is -0.121. The van der Waals surface area contributed by atoms with Gasteiger partial charge in [-0.25, -0.2) is 4.79 Å². The second kappa shape index (κ2) is 9.12. The van der Waals surface area contributed by atoms with Crippen LogP contribution in [0.1, 0.15) is 5.56 Å². The van der Waals surface area contributed by atoms with E-state index in [9.17, 15) is 9.59 Å². The first-order chi connectivity index (χ1) is 13.6. The van der Waals surface area contributed by atoms with E-state index in [-0.39, 0.29) is 18.5 Å². The van der Waals surface area contributed by atoms with Crippen molar-refractivity contribution in [3.8, 4) is 11.5 Å². The summed E-state index contributed by atoms with van der Waals surface area (Å²) in [5.74, 6) is 1.01. The summed E-state index contributed by atoms with van der Waals surface area (Å²) in [6.07, 6.45) is 0.762. The first kappa shape index (κ1) is 19.5. The molecule has 1 aliphatic heterocycles. The maximum Gasteiger partial charge on any atom is 0.325 e. The Morgan fingerprint density at radius 1 is 1.04 bits per heavy atom. The molecule has 0 radical (unpaired) electrons. The zero-order valence-corrected chi connectivity index (χ0v) is 16.2. The molecule has 148 valence electrons. The number of ether oxygens (including phenoxy) is 2. The van der Waals surface area contributed by atoms with Gasteiger partial charge in [0.25, 0.3) is 0 Å². The standard InChI is InChI=1S/C21H25N3O4/c1-27-18-9-8-17(14-19(18)28-2)24-13-12-23(21(24)26)15-20(25)22-11-10-16-6-4-3-5-7-16/h3-9,14H,10-13,15H2,1-2H3,(H,22,25). The molecule has 7 nitrogen and oxygen atoms in total. The molecule has 1 aliphatic rings. The van der Waals surface area contributed by atoms with Crippen molar-refractivity contribution in [2.75, 3.05) is 45.3 Å². The fourth-order valence-corrected chi connectivity index (χ4v) is 3.18. The maximum atomic E-state index is 12.7. The summed E-state index contributed by atoms with van der Waals surface area (Å²) in [5, 5.41) is 2.88. The molecule has 1 heterocycles. The molecule has 1 saturated heterocycles. The number of benzene rings is 2. The van der Waals surface area contributed by atoms with Crippen molar-refractivity contribution in [2.24, 2.45) is 0 Å². The van der Waals surface area contributed by atoms with Crippen molar-refractivity contribution in [3.63, 3.8) is 0 Å². The molecule has 1 fully saturated rings. The van der Waals surface area contributed by atoms with Crippen molar-refractivity contribution in [1.82, 2.24) is 10.2 Å². The minimum atomic E-state index is -0.189. The summed E-state index contributed by atoms with van der Waals surface area (Å²) in [5.41, 5.74) is 1.88. The first-order valence-corrected chi connectivity index (χ1v) is 9.21. The number of urea groups is 1. The van der Waals surface area contributed by atoms with Gasteiger partial charge in [0.05, 0.1) is 14.2 Å². The van der Waals surface area contributed by atoms with Crippen LogP contribution in [0.3, 0.4) is 0 Å². The van der Waals surface area contributed by atoms with Gasteiger partial charge < -0.3 is 19.7 Å². The Hall–Kier alpha value is -3.22. The lowest BCUT2D eigenvalue weighted by Gasteiger charge is -2.19. The third-order valence-electron chi connectivity index (χ3n) is 4.69. The van der Waals surface area contributed by atoms with Gasteiger partial charge >= 0.3 is 6.03 Å². The molecular weight excluding hydrogens is 358 g/mol. The van der Waals surface area contributed by atoms with Gasteiger partial charge in [0.15, 0.2) is 11.5 Å². The summed E-state index contributed by atoms with van der Waals surface area (Å²) < 4.78 is 10.5. The normalized spacial score (nSPS) is 13.6. The number of carbonyl (C=O) groups excluding carboxylic acids is 2. The van der Waals surface area contributed by atoms with Crippen molar-refractivity contribution >= 4 is 17.6 Å². The minimum absolute atomic E-state index is 0.0530. The molecule has 0 aliphatic carbocycles. The van der Waals surface area contributed by atoms with Crippen molar-refractivity contribution < 1.29 is 19.1 Å². The molecule has 2 aromatic carbocycles. The van der Waals surface area contributed by atoms with E-state index in [0.717, 1.165) is 12.1 Å². The molecule has 0 atom stereocenters. The van der Waals surface area contributed by atoms with Gasteiger partial charge in [-0.15, -0.1) is 0 Å². The maximum absolute atomic E-state index is 12.7. The highest BCUT2D eigenvalue weighted by molar-refractivity contribution is 5.96. The van der Waals surface area contributed by atoms with E-state index in [1.54, 1.807) is 36.2 Å². The molecule has 3 rings (SSSR count). The number of nitrogens with one attached hydrogen (secondary N) is 1. The van der Waals surface area contributed by atoms with Gasteiger partial charge in [-0.3, -0.25) is 9.69 Å². The lowest BCUT2D eigenvalue weighted by atomic mass is 10.1. The number of methoxy groups -OCH3 is 2. The monoisotopic (exact) mass is 383 g/mol. The smallest absolute Gasteiger partial charge is 0.325 e. The summed E-state index contributed by atoms with van der Waals surface area (Å²) in [6, 6.07) is 15.1. The van der Waals surface area contributed by atoms with Crippen molar-refractivity contribution in [2.45, 2.75) is 6.42 Å². The van der Waals surface area contributed by atoms with Crippen LogP contribution in [0.5, 0.6) is 11.5 Å². The zero-order valence-electron chi connectivity index (χ0n) is 16.2. The number of carbonyl (C=O) groups is 2. The summed E-state index contributed by atoms with van der Waals surface area (Å²) in [4.78, 5) is 28.1. The summed E-state index contributed by atoms with van der Waals surface area (Å²) >= 11 is 0. The number of nitrogens with zero attached hydrogens (tertiary/aromatic N) is 2. The van der Waals surface area contributed by atoms with Gasteiger partial charge in [0, 0.05) is 31.4 Å². The quantitative estimate of drug-likeness (QED) is 0.759. The Morgan fingerprint density at radius 2 is 1.79 bits per heavy atom. The number of anilines is 1. The molecule has 3 amide bonds. The second-order valence-electron chi connectivity index (χ2n) is 6.48. The first-order valence-electron chi connectivity index (χ1n) is 9.21. The van der Waals surface area contributed by atoms with Crippen LogP contribution in [0.25, 0.3) is 0 Å². The number of amides is 3. The average molecular weight is 383 g/mol. The Bertz CT molecular complexity index is 826.